The number of carbonyl (C=O) groups excluding carboxylic acids is 1. The van der Waals surface area contributed by atoms with Gasteiger partial charge in [-0.25, -0.2) is 13.8 Å². The van der Waals surface area contributed by atoms with Crippen LogP contribution in [0.25, 0.3) is 11.1 Å². The summed E-state index contributed by atoms with van der Waals surface area (Å²) < 4.78 is 82.7. The van der Waals surface area contributed by atoms with Crippen molar-refractivity contribution in [1.29, 1.82) is 0 Å². The van der Waals surface area contributed by atoms with Crippen LogP contribution in [-0.2, 0) is 28.7 Å². The first-order valence-corrected chi connectivity index (χ1v) is 13.6. The van der Waals surface area contributed by atoms with Crippen molar-refractivity contribution < 1.29 is 36.2 Å². The summed E-state index contributed by atoms with van der Waals surface area (Å²) in [6.45, 7) is 4.42. The number of anilines is 1. The lowest BCUT2D eigenvalue weighted by Gasteiger charge is -2.29. The van der Waals surface area contributed by atoms with Gasteiger partial charge in [-0.05, 0) is 66.3 Å². The van der Waals surface area contributed by atoms with E-state index in [1.54, 1.807) is 25.3 Å². The van der Waals surface area contributed by atoms with E-state index in [0.29, 0.717) is 37.9 Å². The van der Waals surface area contributed by atoms with Crippen LogP contribution in [0.15, 0.2) is 42.6 Å². The number of hydrogen-bond donors (Lipinski definition) is 1. The van der Waals surface area contributed by atoms with E-state index in [-0.39, 0.29) is 40.7 Å². The molecule has 1 aliphatic heterocycles. The number of carbonyl (C=O) groups is 1. The molecule has 1 N–H and O–H groups in total. The summed E-state index contributed by atoms with van der Waals surface area (Å²) in [4.78, 5) is 18.3. The molecule has 0 amide bonds. The van der Waals surface area contributed by atoms with Crippen molar-refractivity contribution in [2.24, 2.45) is 11.8 Å². The number of rotatable bonds is 7. The Kier molecular flexibility index (Phi) is 7.09. The summed E-state index contributed by atoms with van der Waals surface area (Å²) in [5.74, 6) is -1.91. The normalized spacial score (nSPS) is 21.3. The zero-order valence-electron chi connectivity index (χ0n) is 22.2. The van der Waals surface area contributed by atoms with E-state index in [4.69, 9.17) is 9.47 Å². The molecule has 6 rings (SSSR count). The second-order valence-electron chi connectivity index (χ2n) is 10.6. The molecule has 0 spiro atoms. The number of alkyl halides is 3. The van der Waals surface area contributed by atoms with Gasteiger partial charge in [-0.3, -0.25) is 4.79 Å². The predicted molar refractivity (Wildman–Crippen MR) is 141 cm³/mol. The first-order valence-electron chi connectivity index (χ1n) is 13.6. The average Bonchev–Trinajstić information content (AvgIpc) is 3.54. The Morgan fingerprint density at radius 2 is 1.85 bits per heavy atom. The van der Waals surface area contributed by atoms with Crippen LogP contribution >= 0.6 is 0 Å². The molecule has 2 fully saturated rings. The number of halogens is 5. The zero-order valence-corrected chi connectivity index (χ0v) is 22.2. The molecule has 1 saturated heterocycles. The Morgan fingerprint density at radius 3 is 2.56 bits per heavy atom. The van der Waals surface area contributed by atoms with Crippen molar-refractivity contribution in [3.63, 3.8) is 0 Å². The Morgan fingerprint density at radius 1 is 1.07 bits per heavy atom. The predicted octanol–water partition coefficient (Wildman–Crippen LogP) is 5.48. The van der Waals surface area contributed by atoms with Crippen molar-refractivity contribution in [1.82, 2.24) is 10.3 Å². The van der Waals surface area contributed by atoms with Crippen molar-refractivity contribution in [2.75, 3.05) is 37.7 Å². The highest BCUT2D eigenvalue weighted by Gasteiger charge is 2.60. The van der Waals surface area contributed by atoms with Crippen LogP contribution in [0, 0.1) is 23.5 Å². The maximum Gasteiger partial charge on any atom is 0.417 e. The second kappa shape index (κ2) is 10.6. The Labute approximate surface area is 233 Å². The number of nitrogens with one attached hydrogen (secondary N) is 1. The topological polar surface area (TPSA) is 63.7 Å². The fourth-order valence-corrected chi connectivity index (χ4v) is 6.09. The summed E-state index contributed by atoms with van der Waals surface area (Å²) >= 11 is 0. The van der Waals surface area contributed by atoms with Crippen molar-refractivity contribution in [2.45, 2.75) is 32.0 Å². The molecule has 3 aromatic rings. The third kappa shape index (κ3) is 5.23. The van der Waals surface area contributed by atoms with E-state index in [9.17, 15) is 22.4 Å². The molecule has 2 heterocycles. The van der Waals surface area contributed by atoms with Crippen LogP contribution in [-0.4, -0.2) is 43.7 Å². The van der Waals surface area contributed by atoms with E-state index >= 15 is 4.39 Å². The van der Waals surface area contributed by atoms with Crippen LogP contribution in [0.4, 0.5) is 27.6 Å². The molecule has 0 unspecified atom stereocenters. The number of benzene rings is 2. The monoisotopic (exact) mass is 573 g/mol. The molecule has 1 aromatic heterocycles. The quantitative estimate of drug-likeness (QED) is 0.298. The van der Waals surface area contributed by atoms with Gasteiger partial charge in [0.15, 0.2) is 0 Å². The fraction of sp³-hybridized carbons (Fsp3) is 0.400. The number of fused-ring (bicyclic) bond motifs is 3. The minimum Gasteiger partial charge on any atom is -0.473 e. The van der Waals surface area contributed by atoms with Gasteiger partial charge < -0.3 is 19.7 Å². The number of esters is 1. The molecule has 3 atom stereocenters. The lowest BCUT2D eigenvalue weighted by Crippen LogP contribution is -2.43. The molecule has 6 nitrogen and oxygen atoms in total. The van der Waals surface area contributed by atoms with Gasteiger partial charge >= 0.3 is 12.1 Å². The zero-order chi connectivity index (χ0) is 28.9. The highest BCUT2D eigenvalue weighted by Crippen LogP contribution is 2.61. The third-order valence-corrected chi connectivity index (χ3v) is 8.13. The van der Waals surface area contributed by atoms with Crippen LogP contribution in [0.3, 0.4) is 0 Å². The minimum atomic E-state index is -4.90. The van der Waals surface area contributed by atoms with E-state index in [1.165, 1.54) is 12.1 Å². The largest absolute Gasteiger partial charge is 0.473 e. The smallest absolute Gasteiger partial charge is 0.417 e. The summed E-state index contributed by atoms with van der Waals surface area (Å²) in [5, 5.41) is 3.19. The number of aromatic nitrogens is 1. The molecule has 11 heteroatoms. The van der Waals surface area contributed by atoms with Gasteiger partial charge in [-0.2, -0.15) is 13.2 Å². The molecule has 41 heavy (non-hydrogen) atoms. The molecule has 2 aliphatic carbocycles. The van der Waals surface area contributed by atoms with Crippen molar-refractivity contribution >= 4 is 11.7 Å². The summed E-state index contributed by atoms with van der Waals surface area (Å²) in [5.41, 5.74) is 0.317. The van der Waals surface area contributed by atoms with Crippen LogP contribution in [0.5, 0.6) is 5.88 Å². The molecule has 2 aromatic carbocycles. The number of piperazine rings is 1. The lowest BCUT2D eigenvalue weighted by atomic mass is 9.95. The van der Waals surface area contributed by atoms with Gasteiger partial charge in [-0.15, -0.1) is 0 Å². The number of hydrogen-bond acceptors (Lipinski definition) is 6. The first-order chi connectivity index (χ1) is 19.7. The van der Waals surface area contributed by atoms with Gasteiger partial charge in [0, 0.05) is 61.2 Å². The molecule has 0 radical (unpaired) electrons. The van der Waals surface area contributed by atoms with Crippen molar-refractivity contribution in [3.8, 4) is 17.0 Å². The van der Waals surface area contributed by atoms with E-state index in [2.05, 4.69) is 10.3 Å². The molecule has 3 aliphatic rings. The molecular weight excluding hydrogens is 545 g/mol. The van der Waals surface area contributed by atoms with Gasteiger partial charge in [-0.1, -0.05) is 0 Å². The van der Waals surface area contributed by atoms with E-state index in [1.807, 2.05) is 4.90 Å². The molecule has 0 bridgehead atoms. The van der Waals surface area contributed by atoms with Gasteiger partial charge in [0.05, 0.1) is 18.1 Å². The number of ether oxygens (including phenoxy) is 2. The summed E-state index contributed by atoms with van der Waals surface area (Å²) in [6.07, 6.45) is -2.62. The highest BCUT2D eigenvalue weighted by molar-refractivity contribution is 5.79. The van der Waals surface area contributed by atoms with E-state index in [0.717, 1.165) is 30.3 Å². The van der Waals surface area contributed by atoms with Gasteiger partial charge in [0.2, 0.25) is 5.88 Å². The Balaban J connectivity index is 1.23. The van der Waals surface area contributed by atoms with E-state index < -0.39 is 35.5 Å². The standard InChI is InChI=1S/C30H28F5N3O3/c1-2-40-29(39)28-21-9-16-11-26(37-14-22(16)27(21)28)41-15-17-10-20(23(13-24(17)31)30(33,34)35)19-4-3-18(12-25(19)32)38-7-5-36-6-8-38/h3-4,10-14,21,27-28,36H,2,5-9,15H2,1H3/t21-,27-,28+/m1/s1. The highest BCUT2D eigenvalue weighted by atomic mass is 19.4. The first kappa shape index (κ1) is 27.4. The molecular formula is C30H28F5N3O3. The van der Waals surface area contributed by atoms with Crippen LogP contribution in [0.1, 0.15) is 35.1 Å². The Hall–Kier alpha value is -3.73. The Bertz CT molecular complexity index is 1490. The third-order valence-electron chi connectivity index (χ3n) is 8.13. The van der Waals surface area contributed by atoms with Crippen LogP contribution < -0.4 is 15.0 Å². The van der Waals surface area contributed by atoms with Crippen molar-refractivity contribution in [3.05, 3.63) is 76.5 Å². The maximum absolute atomic E-state index is 15.3. The van der Waals surface area contributed by atoms with Crippen LogP contribution in [0.2, 0.25) is 0 Å². The fourth-order valence-electron chi connectivity index (χ4n) is 6.09. The summed E-state index contributed by atoms with van der Waals surface area (Å²) in [7, 11) is 0. The van der Waals surface area contributed by atoms with Gasteiger partial charge in [0.1, 0.15) is 18.2 Å². The molecule has 1 saturated carbocycles. The average molecular weight is 574 g/mol. The second-order valence-corrected chi connectivity index (χ2v) is 10.6. The number of nitrogens with zero attached hydrogens (tertiary/aromatic N) is 2. The minimum absolute atomic E-state index is 0.0633. The van der Waals surface area contributed by atoms with Gasteiger partial charge in [0.25, 0.3) is 0 Å². The number of pyridine rings is 1. The maximum atomic E-state index is 15.3. The SMILES string of the molecule is CCOC(=O)[C@H]1[C@@H]2Cc3cc(OCc4cc(-c5ccc(N6CCNCC6)cc5F)c(C(F)(F)F)cc4F)ncc3[C@@H]21. The lowest BCUT2D eigenvalue weighted by molar-refractivity contribution is -0.145. The molecule has 216 valence electrons. The summed E-state index contributed by atoms with van der Waals surface area (Å²) in [6, 6.07) is 7.18.